The maximum Gasteiger partial charge on any atom is 0.272 e. The Kier molecular flexibility index (Phi) is 4.42. The molecule has 2 heterocycles. The normalized spacial score (nSPS) is 15.6. The van der Waals surface area contributed by atoms with Gasteiger partial charge in [0.1, 0.15) is 0 Å². The number of nitrogens with zero attached hydrogens (tertiary/aromatic N) is 4. The van der Waals surface area contributed by atoms with Crippen LogP contribution in [0.3, 0.4) is 0 Å². The van der Waals surface area contributed by atoms with Crippen molar-refractivity contribution < 1.29 is 9.31 Å². The van der Waals surface area contributed by atoms with Gasteiger partial charge >= 0.3 is 0 Å². The highest BCUT2D eigenvalue weighted by Gasteiger charge is 2.20. The second-order valence-electron chi connectivity index (χ2n) is 5.49. The second-order valence-corrected chi connectivity index (χ2v) is 6.33. The highest BCUT2D eigenvalue weighted by atomic mass is 32.1. The van der Waals surface area contributed by atoms with Crippen LogP contribution in [0.5, 0.6) is 0 Å². The van der Waals surface area contributed by atoms with Crippen LogP contribution in [0.25, 0.3) is 0 Å². The van der Waals surface area contributed by atoms with E-state index in [1.54, 1.807) is 11.3 Å². The van der Waals surface area contributed by atoms with Crippen LogP contribution in [0.15, 0.2) is 23.6 Å². The SMILES string of the molecule is Cc1csc(N2CCCN(c3ccc([N+](=O)[O-])cc3F)CC2)n1. The van der Waals surface area contributed by atoms with Crippen molar-refractivity contribution in [1.29, 1.82) is 0 Å². The van der Waals surface area contributed by atoms with Crippen molar-refractivity contribution in [2.24, 2.45) is 0 Å². The molecule has 3 rings (SSSR count). The van der Waals surface area contributed by atoms with Gasteiger partial charge in [-0.15, -0.1) is 11.3 Å². The van der Waals surface area contributed by atoms with Gasteiger partial charge in [-0.1, -0.05) is 0 Å². The van der Waals surface area contributed by atoms with Crippen molar-refractivity contribution in [2.45, 2.75) is 13.3 Å². The van der Waals surface area contributed by atoms with Crippen LogP contribution in [0, 0.1) is 22.9 Å². The summed E-state index contributed by atoms with van der Waals surface area (Å²) in [6.45, 7) is 4.97. The van der Waals surface area contributed by atoms with Gasteiger partial charge in [0.25, 0.3) is 5.69 Å². The number of aryl methyl sites for hydroxylation is 1. The lowest BCUT2D eigenvalue weighted by Crippen LogP contribution is -2.31. The van der Waals surface area contributed by atoms with Crippen molar-refractivity contribution in [3.8, 4) is 0 Å². The van der Waals surface area contributed by atoms with Gasteiger partial charge in [-0.05, 0) is 19.4 Å². The summed E-state index contributed by atoms with van der Waals surface area (Å²) < 4.78 is 14.2. The Morgan fingerprint density at radius 1 is 1.26 bits per heavy atom. The van der Waals surface area contributed by atoms with Crippen molar-refractivity contribution in [3.05, 3.63) is 45.2 Å². The molecule has 23 heavy (non-hydrogen) atoms. The Balaban J connectivity index is 1.74. The van der Waals surface area contributed by atoms with Crippen LogP contribution in [0.1, 0.15) is 12.1 Å². The van der Waals surface area contributed by atoms with E-state index in [2.05, 4.69) is 9.88 Å². The third-order valence-corrected chi connectivity index (χ3v) is 4.88. The fraction of sp³-hybridized carbons (Fsp3) is 0.400. The maximum atomic E-state index is 14.2. The molecule has 0 saturated carbocycles. The Bertz CT molecular complexity index is 721. The van der Waals surface area contributed by atoms with E-state index < -0.39 is 10.7 Å². The molecule has 0 N–H and O–H groups in total. The maximum absolute atomic E-state index is 14.2. The van der Waals surface area contributed by atoms with Crippen molar-refractivity contribution in [2.75, 3.05) is 36.0 Å². The van der Waals surface area contributed by atoms with Gasteiger partial charge in [0.15, 0.2) is 10.9 Å². The first-order chi connectivity index (χ1) is 11.0. The molecule has 1 aliphatic heterocycles. The number of halogens is 1. The summed E-state index contributed by atoms with van der Waals surface area (Å²) in [5, 5.41) is 13.7. The molecule has 0 amide bonds. The summed E-state index contributed by atoms with van der Waals surface area (Å²) in [6.07, 6.45) is 0.884. The van der Waals surface area contributed by atoms with E-state index in [-0.39, 0.29) is 5.69 Å². The molecular weight excluding hydrogens is 319 g/mol. The molecule has 122 valence electrons. The zero-order chi connectivity index (χ0) is 16.4. The quantitative estimate of drug-likeness (QED) is 0.636. The molecule has 0 atom stereocenters. The largest absolute Gasteiger partial charge is 0.367 e. The molecule has 6 nitrogen and oxygen atoms in total. The molecule has 1 fully saturated rings. The zero-order valence-corrected chi connectivity index (χ0v) is 13.6. The van der Waals surface area contributed by atoms with Crippen LogP contribution < -0.4 is 9.80 Å². The molecule has 2 aromatic rings. The van der Waals surface area contributed by atoms with Gasteiger partial charge < -0.3 is 9.80 Å². The number of non-ortho nitro benzene ring substituents is 1. The highest BCUT2D eigenvalue weighted by molar-refractivity contribution is 7.13. The minimum atomic E-state index is -0.582. The molecule has 1 saturated heterocycles. The van der Waals surface area contributed by atoms with Gasteiger partial charge in [-0.3, -0.25) is 10.1 Å². The van der Waals surface area contributed by atoms with E-state index in [0.717, 1.165) is 42.9 Å². The minimum absolute atomic E-state index is 0.221. The van der Waals surface area contributed by atoms with Gasteiger partial charge in [-0.2, -0.15) is 0 Å². The number of nitro benzene ring substituents is 1. The molecule has 0 bridgehead atoms. The van der Waals surface area contributed by atoms with E-state index >= 15 is 0 Å². The Morgan fingerprint density at radius 3 is 2.65 bits per heavy atom. The Hall–Kier alpha value is -2.22. The first-order valence-electron chi connectivity index (χ1n) is 7.40. The monoisotopic (exact) mass is 336 g/mol. The molecule has 1 aliphatic rings. The second kappa shape index (κ2) is 6.49. The number of rotatable bonds is 3. The van der Waals surface area contributed by atoms with E-state index in [9.17, 15) is 14.5 Å². The van der Waals surface area contributed by atoms with Gasteiger partial charge in [0.05, 0.1) is 22.4 Å². The first kappa shape index (κ1) is 15.7. The number of benzene rings is 1. The van der Waals surface area contributed by atoms with Gasteiger partial charge in [0.2, 0.25) is 0 Å². The van der Waals surface area contributed by atoms with Crippen LogP contribution in [-0.4, -0.2) is 36.1 Å². The summed E-state index contributed by atoms with van der Waals surface area (Å²) in [5.41, 5.74) is 1.21. The molecule has 0 aliphatic carbocycles. The average Bonchev–Trinajstić information content (AvgIpc) is 2.81. The predicted molar refractivity (Wildman–Crippen MR) is 88.9 cm³/mol. The fourth-order valence-corrected chi connectivity index (χ4v) is 3.56. The van der Waals surface area contributed by atoms with Crippen molar-refractivity contribution in [1.82, 2.24) is 4.98 Å². The van der Waals surface area contributed by atoms with Crippen molar-refractivity contribution >= 4 is 27.8 Å². The smallest absolute Gasteiger partial charge is 0.272 e. The molecule has 8 heteroatoms. The van der Waals surface area contributed by atoms with E-state index in [4.69, 9.17) is 0 Å². The lowest BCUT2D eigenvalue weighted by atomic mass is 10.2. The van der Waals surface area contributed by atoms with Gasteiger partial charge in [-0.25, -0.2) is 9.37 Å². The van der Waals surface area contributed by atoms with Crippen molar-refractivity contribution in [3.63, 3.8) is 0 Å². The molecule has 0 spiro atoms. The van der Waals surface area contributed by atoms with Crippen LogP contribution in [0.2, 0.25) is 0 Å². The topological polar surface area (TPSA) is 62.5 Å². The number of nitro groups is 1. The third-order valence-electron chi connectivity index (χ3n) is 3.86. The summed E-state index contributed by atoms with van der Waals surface area (Å²) in [6, 6.07) is 3.84. The molecular formula is C15H17FN4O2S. The number of aromatic nitrogens is 1. The van der Waals surface area contributed by atoms with E-state index in [0.29, 0.717) is 12.2 Å². The average molecular weight is 336 g/mol. The van der Waals surface area contributed by atoms with Crippen LogP contribution in [0.4, 0.5) is 20.9 Å². The van der Waals surface area contributed by atoms with E-state index in [1.807, 2.05) is 17.2 Å². The number of hydrogen-bond donors (Lipinski definition) is 0. The van der Waals surface area contributed by atoms with Gasteiger partial charge in [0, 0.05) is 37.6 Å². The lowest BCUT2D eigenvalue weighted by molar-refractivity contribution is -0.385. The summed E-state index contributed by atoms with van der Waals surface area (Å²) in [4.78, 5) is 18.8. The highest BCUT2D eigenvalue weighted by Crippen LogP contribution is 2.27. The van der Waals surface area contributed by atoms with E-state index in [1.165, 1.54) is 12.1 Å². The number of thiazole rings is 1. The molecule has 1 aromatic carbocycles. The third kappa shape index (κ3) is 3.42. The predicted octanol–water partition coefficient (Wildman–Crippen LogP) is 3.22. The summed E-state index contributed by atoms with van der Waals surface area (Å²) in [7, 11) is 0. The summed E-state index contributed by atoms with van der Waals surface area (Å²) in [5.74, 6) is -0.544. The standard InChI is InChI=1S/C15H17FN4O2S/c1-11-10-23-15(17-11)19-6-2-5-18(7-8-19)14-4-3-12(20(21)22)9-13(14)16/h3-4,9-10H,2,5-8H2,1H3. The Labute approximate surface area is 137 Å². The first-order valence-corrected chi connectivity index (χ1v) is 8.28. The van der Waals surface area contributed by atoms with Crippen LogP contribution >= 0.6 is 11.3 Å². The Morgan fingerprint density at radius 2 is 2.00 bits per heavy atom. The lowest BCUT2D eigenvalue weighted by Gasteiger charge is -2.23. The molecule has 0 unspecified atom stereocenters. The molecule has 0 radical (unpaired) electrons. The zero-order valence-electron chi connectivity index (χ0n) is 12.7. The van der Waals surface area contributed by atoms with Crippen LogP contribution in [-0.2, 0) is 0 Å². The fourth-order valence-electron chi connectivity index (χ4n) is 2.70. The molecule has 1 aromatic heterocycles. The minimum Gasteiger partial charge on any atom is -0.367 e. The number of hydrogen-bond acceptors (Lipinski definition) is 6. The summed E-state index contributed by atoms with van der Waals surface area (Å²) >= 11 is 1.62. The number of anilines is 2.